The molecule has 0 saturated carbocycles. The molecule has 7 heteroatoms. The third-order valence-corrected chi connectivity index (χ3v) is 4.04. The van der Waals surface area contributed by atoms with Crippen LogP contribution in [0.5, 0.6) is 0 Å². The maximum Gasteiger partial charge on any atom is 0.313 e. The van der Waals surface area contributed by atoms with Gasteiger partial charge in [0.1, 0.15) is 17.2 Å². The quantitative estimate of drug-likeness (QED) is 0.525. The number of hydrogen-bond acceptors (Lipinski definition) is 3. The molecule has 0 aliphatic carbocycles. The number of amides is 2. The number of para-hydroxylation sites is 1. The maximum atomic E-state index is 13.1. The van der Waals surface area contributed by atoms with Crippen LogP contribution in [0.1, 0.15) is 12.2 Å². The summed E-state index contributed by atoms with van der Waals surface area (Å²) in [5.41, 5.74) is 1.07. The molecule has 3 aromatic rings. The highest BCUT2D eigenvalue weighted by Crippen LogP contribution is 2.20. The van der Waals surface area contributed by atoms with Crippen LogP contribution in [-0.4, -0.2) is 18.4 Å². The molecule has 2 aromatic carbocycles. The first-order chi connectivity index (χ1) is 12.5. The van der Waals surface area contributed by atoms with Crippen LogP contribution in [0.3, 0.4) is 0 Å². The van der Waals surface area contributed by atoms with Crippen molar-refractivity contribution in [3.8, 4) is 0 Å². The fourth-order valence-corrected chi connectivity index (χ4v) is 2.65. The monoisotopic (exact) mass is 374 g/mol. The van der Waals surface area contributed by atoms with E-state index in [-0.39, 0.29) is 10.7 Å². The predicted octanol–water partition coefficient (Wildman–Crippen LogP) is 3.91. The first-order valence-electron chi connectivity index (χ1n) is 8.04. The summed E-state index contributed by atoms with van der Waals surface area (Å²) in [5, 5.41) is 5.80. The van der Waals surface area contributed by atoms with Crippen molar-refractivity contribution in [3.05, 3.63) is 65.1 Å². The maximum absolute atomic E-state index is 13.1. The third-order valence-electron chi connectivity index (χ3n) is 3.75. The van der Waals surface area contributed by atoms with E-state index in [2.05, 4.69) is 10.6 Å². The minimum atomic E-state index is -0.837. The van der Waals surface area contributed by atoms with Crippen molar-refractivity contribution in [2.75, 3.05) is 11.9 Å². The number of rotatable bonds is 5. The number of carbonyl (C=O) groups excluding carboxylic acids is 2. The number of benzene rings is 2. The topological polar surface area (TPSA) is 71.3 Å². The summed E-state index contributed by atoms with van der Waals surface area (Å²) in [6, 6.07) is 13.4. The fourth-order valence-electron chi connectivity index (χ4n) is 2.47. The van der Waals surface area contributed by atoms with Gasteiger partial charge in [0.25, 0.3) is 0 Å². The lowest BCUT2D eigenvalue weighted by atomic mass is 10.2. The van der Waals surface area contributed by atoms with Gasteiger partial charge in [0.05, 0.1) is 5.02 Å². The van der Waals surface area contributed by atoms with Gasteiger partial charge >= 0.3 is 11.8 Å². The molecule has 0 bridgehead atoms. The van der Waals surface area contributed by atoms with Crippen molar-refractivity contribution in [2.24, 2.45) is 0 Å². The second kappa shape index (κ2) is 8.01. The SMILES string of the molecule is O=C(NCCCc1cc2ccccc2o1)C(=O)Nc1ccc(F)c(Cl)c1. The Bertz CT molecular complexity index is 922. The van der Waals surface area contributed by atoms with E-state index in [4.69, 9.17) is 16.0 Å². The minimum Gasteiger partial charge on any atom is -0.461 e. The van der Waals surface area contributed by atoms with E-state index in [9.17, 15) is 14.0 Å². The summed E-state index contributed by atoms with van der Waals surface area (Å²) in [6.45, 7) is 0.327. The van der Waals surface area contributed by atoms with Crippen molar-refractivity contribution in [1.29, 1.82) is 0 Å². The molecule has 1 aromatic heterocycles. The number of carbonyl (C=O) groups is 2. The van der Waals surface area contributed by atoms with Crippen LogP contribution in [-0.2, 0) is 16.0 Å². The Kier molecular flexibility index (Phi) is 5.53. The Balaban J connectivity index is 1.44. The van der Waals surface area contributed by atoms with Crippen LogP contribution in [0.2, 0.25) is 5.02 Å². The second-order valence-electron chi connectivity index (χ2n) is 5.69. The van der Waals surface area contributed by atoms with Crippen molar-refractivity contribution < 1.29 is 18.4 Å². The molecule has 134 valence electrons. The molecule has 0 aliphatic heterocycles. The molecule has 0 unspecified atom stereocenters. The molecule has 0 saturated heterocycles. The molecular weight excluding hydrogens is 359 g/mol. The molecule has 0 atom stereocenters. The summed E-state index contributed by atoms with van der Waals surface area (Å²) in [5.74, 6) is -1.38. The van der Waals surface area contributed by atoms with Crippen molar-refractivity contribution in [1.82, 2.24) is 5.32 Å². The van der Waals surface area contributed by atoms with Crippen LogP contribution < -0.4 is 10.6 Å². The highest BCUT2D eigenvalue weighted by Gasteiger charge is 2.14. The van der Waals surface area contributed by atoms with E-state index in [1.165, 1.54) is 12.1 Å². The molecule has 0 spiro atoms. The third kappa shape index (κ3) is 4.40. The largest absolute Gasteiger partial charge is 0.461 e. The normalized spacial score (nSPS) is 10.7. The Morgan fingerprint density at radius 1 is 1.08 bits per heavy atom. The minimum absolute atomic E-state index is 0.131. The number of fused-ring (bicyclic) bond motifs is 1. The summed E-state index contributed by atoms with van der Waals surface area (Å²) in [6.07, 6.45) is 1.27. The lowest BCUT2D eigenvalue weighted by molar-refractivity contribution is -0.136. The van der Waals surface area contributed by atoms with Gasteiger partial charge in [0, 0.05) is 24.0 Å². The lowest BCUT2D eigenvalue weighted by Gasteiger charge is -2.06. The van der Waals surface area contributed by atoms with Crippen LogP contribution >= 0.6 is 11.6 Å². The van der Waals surface area contributed by atoms with Gasteiger partial charge in [-0.25, -0.2) is 4.39 Å². The highest BCUT2D eigenvalue weighted by molar-refractivity contribution is 6.39. The van der Waals surface area contributed by atoms with Gasteiger partial charge in [-0.2, -0.15) is 0 Å². The molecule has 1 heterocycles. The number of hydrogen-bond donors (Lipinski definition) is 2. The predicted molar refractivity (Wildman–Crippen MR) is 97.6 cm³/mol. The smallest absolute Gasteiger partial charge is 0.313 e. The Labute approximate surface area is 154 Å². The van der Waals surface area contributed by atoms with Crippen molar-refractivity contribution >= 4 is 40.1 Å². The molecule has 0 aliphatic rings. The Morgan fingerprint density at radius 3 is 2.65 bits per heavy atom. The lowest BCUT2D eigenvalue weighted by Crippen LogP contribution is -2.36. The van der Waals surface area contributed by atoms with Crippen LogP contribution in [0.25, 0.3) is 11.0 Å². The summed E-state index contributed by atoms with van der Waals surface area (Å²) in [4.78, 5) is 23.6. The highest BCUT2D eigenvalue weighted by atomic mass is 35.5. The average Bonchev–Trinajstić information content (AvgIpc) is 3.04. The van der Waals surface area contributed by atoms with E-state index < -0.39 is 17.6 Å². The van der Waals surface area contributed by atoms with Crippen molar-refractivity contribution in [2.45, 2.75) is 12.8 Å². The number of nitrogens with one attached hydrogen (secondary N) is 2. The summed E-state index contributed by atoms with van der Waals surface area (Å²) in [7, 11) is 0. The zero-order valence-electron chi connectivity index (χ0n) is 13.7. The first-order valence-corrected chi connectivity index (χ1v) is 8.42. The number of halogens is 2. The fraction of sp³-hybridized carbons (Fsp3) is 0.158. The summed E-state index contributed by atoms with van der Waals surface area (Å²) < 4.78 is 18.8. The number of aryl methyl sites for hydroxylation is 1. The van der Waals surface area contributed by atoms with Gasteiger partial charge in [-0.05, 0) is 36.8 Å². The van der Waals surface area contributed by atoms with Crippen LogP contribution in [0, 0.1) is 5.82 Å². The Hall–Kier alpha value is -2.86. The standard InChI is InChI=1S/C19H16ClFN2O3/c20-15-11-13(7-8-16(15)21)23-19(25)18(24)22-9-3-5-14-10-12-4-1-2-6-17(12)26-14/h1-2,4,6-8,10-11H,3,5,9H2,(H,22,24)(H,23,25). The van der Waals surface area contributed by atoms with Gasteiger partial charge < -0.3 is 15.1 Å². The molecular formula is C19H16ClFN2O3. The second-order valence-corrected chi connectivity index (χ2v) is 6.10. The zero-order chi connectivity index (χ0) is 18.5. The van der Waals surface area contributed by atoms with E-state index in [1.807, 2.05) is 30.3 Å². The van der Waals surface area contributed by atoms with Gasteiger partial charge in [-0.1, -0.05) is 29.8 Å². The van der Waals surface area contributed by atoms with Gasteiger partial charge in [-0.15, -0.1) is 0 Å². The molecule has 5 nitrogen and oxygen atoms in total. The number of anilines is 1. The van der Waals surface area contributed by atoms with Crippen LogP contribution in [0.15, 0.2) is 52.9 Å². The van der Waals surface area contributed by atoms with Gasteiger partial charge in [0.15, 0.2) is 0 Å². The number of furan rings is 1. The first kappa shape index (κ1) is 17.9. The Morgan fingerprint density at radius 2 is 1.88 bits per heavy atom. The average molecular weight is 375 g/mol. The van der Waals surface area contributed by atoms with Gasteiger partial charge in [0.2, 0.25) is 0 Å². The van der Waals surface area contributed by atoms with E-state index in [0.717, 1.165) is 22.8 Å². The van der Waals surface area contributed by atoms with Crippen molar-refractivity contribution in [3.63, 3.8) is 0 Å². The van der Waals surface area contributed by atoms with E-state index in [0.29, 0.717) is 19.4 Å². The molecule has 3 rings (SSSR count). The molecule has 0 radical (unpaired) electrons. The van der Waals surface area contributed by atoms with E-state index in [1.54, 1.807) is 0 Å². The molecule has 0 fully saturated rings. The van der Waals surface area contributed by atoms with Crippen LogP contribution in [0.4, 0.5) is 10.1 Å². The molecule has 2 N–H and O–H groups in total. The molecule has 2 amide bonds. The zero-order valence-corrected chi connectivity index (χ0v) is 14.5. The van der Waals surface area contributed by atoms with E-state index >= 15 is 0 Å². The molecule has 26 heavy (non-hydrogen) atoms. The van der Waals surface area contributed by atoms with Gasteiger partial charge in [-0.3, -0.25) is 9.59 Å². The summed E-state index contributed by atoms with van der Waals surface area (Å²) >= 11 is 5.63.